The summed E-state index contributed by atoms with van der Waals surface area (Å²) >= 11 is 0. The van der Waals surface area contributed by atoms with Gasteiger partial charge in [0.2, 0.25) is 0 Å². The van der Waals surface area contributed by atoms with Crippen LogP contribution in [0.4, 0.5) is 0 Å². The summed E-state index contributed by atoms with van der Waals surface area (Å²) in [5, 5.41) is 0. The molecule has 9 heteroatoms. The Morgan fingerprint density at radius 1 is 0.419 bits per heavy atom. The predicted molar refractivity (Wildman–Crippen MR) is 118 cm³/mol. The standard InChI is InChI=1S/C22H21O6S3/c1-16-4-10-19(11-5-16)29(23,24)22(30(25,26)20-12-6-17(2)7-13-20)31(27,28)21-14-8-18(3)9-15-21/h4-15H,1-3H3/q-1. The first kappa shape index (κ1) is 23.2. The van der Waals surface area contributed by atoms with Gasteiger partial charge < -0.3 is 0 Å². The largest absolute Gasteiger partial charge is 0.255 e. The van der Waals surface area contributed by atoms with Gasteiger partial charge in [0.15, 0.2) is 0 Å². The van der Waals surface area contributed by atoms with E-state index in [-0.39, 0.29) is 0 Å². The van der Waals surface area contributed by atoms with Crippen molar-refractivity contribution in [2.75, 3.05) is 0 Å². The first-order valence-corrected chi connectivity index (χ1v) is 13.6. The summed E-state index contributed by atoms with van der Waals surface area (Å²) in [7, 11) is -14.7. The Hall–Kier alpha value is -2.49. The van der Waals surface area contributed by atoms with E-state index in [0.29, 0.717) is 0 Å². The molecule has 3 rings (SSSR count). The summed E-state index contributed by atoms with van der Waals surface area (Å²) in [5.41, 5.74) is 2.22. The van der Waals surface area contributed by atoms with Crippen LogP contribution in [-0.4, -0.2) is 25.3 Å². The Bertz CT molecular complexity index is 1220. The Morgan fingerprint density at radius 3 is 0.806 bits per heavy atom. The van der Waals surface area contributed by atoms with Crippen molar-refractivity contribution >= 4 is 29.5 Å². The van der Waals surface area contributed by atoms with Gasteiger partial charge in [-0.3, -0.25) is 25.3 Å². The van der Waals surface area contributed by atoms with Crippen molar-refractivity contribution in [3.8, 4) is 0 Å². The minimum atomic E-state index is -4.91. The molecular formula is C22H21O6S3-. The maximum absolute atomic E-state index is 13.4. The molecule has 0 unspecified atom stereocenters. The molecule has 0 aromatic heterocycles. The van der Waals surface area contributed by atoms with Crippen molar-refractivity contribution in [3.05, 3.63) is 93.4 Å². The second-order valence-electron chi connectivity index (χ2n) is 7.20. The molecule has 6 nitrogen and oxygen atoms in total. The molecule has 0 N–H and O–H groups in total. The molecule has 3 aromatic carbocycles. The monoisotopic (exact) mass is 477 g/mol. The fourth-order valence-corrected chi connectivity index (χ4v) is 10.1. The zero-order valence-corrected chi connectivity index (χ0v) is 19.6. The third-order valence-corrected chi connectivity index (χ3v) is 12.6. The summed E-state index contributed by atoms with van der Waals surface area (Å²) in [6, 6.07) is 16.0. The van der Waals surface area contributed by atoms with Crippen molar-refractivity contribution in [1.82, 2.24) is 0 Å². The molecule has 31 heavy (non-hydrogen) atoms. The number of benzene rings is 3. The van der Waals surface area contributed by atoms with E-state index in [9.17, 15) is 25.3 Å². The van der Waals surface area contributed by atoms with Gasteiger partial charge in [-0.05, 0) is 57.2 Å². The molecule has 0 atom stereocenters. The van der Waals surface area contributed by atoms with Crippen LogP contribution in [0.25, 0.3) is 0 Å². The van der Waals surface area contributed by atoms with Crippen LogP contribution >= 0.6 is 0 Å². The van der Waals surface area contributed by atoms with Crippen LogP contribution in [-0.2, 0) is 29.5 Å². The number of hydrogen-bond donors (Lipinski definition) is 0. The maximum Gasteiger partial charge on any atom is 0.0831 e. The quantitative estimate of drug-likeness (QED) is 0.501. The third kappa shape index (κ3) is 4.44. The van der Waals surface area contributed by atoms with E-state index in [4.69, 9.17) is 0 Å². The van der Waals surface area contributed by atoms with Crippen LogP contribution < -0.4 is 0 Å². The zero-order valence-electron chi connectivity index (χ0n) is 17.1. The highest BCUT2D eigenvalue weighted by molar-refractivity contribution is 8.29. The van der Waals surface area contributed by atoms with Gasteiger partial charge in [-0.25, -0.2) is 0 Å². The molecule has 0 heterocycles. The molecule has 0 saturated heterocycles. The summed E-state index contributed by atoms with van der Waals surface area (Å²) in [6.45, 7) is 5.19. The van der Waals surface area contributed by atoms with Gasteiger partial charge in [-0.15, -0.1) is 0 Å². The number of sulfone groups is 3. The highest BCUT2D eigenvalue weighted by atomic mass is 32.3. The molecule has 0 fully saturated rings. The molecule has 0 aliphatic carbocycles. The molecule has 0 spiro atoms. The Labute approximate surface area is 183 Å². The van der Waals surface area contributed by atoms with Crippen LogP contribution in [0.5, 0.6) is 0 Å². The first-order valence-electron chi connectivity index (χ1n) is 9.19. The van der Waals surface area contributed by atoms with Crippen LogP contribution in [0, 0.1) is 24.7 Å². The van der Waals surface area contributed by atoms with E-state index in [0.717, 1.165) is 16.7 Å². The lowest BCUT2D eigenvalue weighted by atomic mass is 10.2. The minimum Gasteiger partial charge on any atom is -0.255 e. The van der Waals surface area contributed by atoms with Crippen LogP contribution in [0.3, 0.4) is 0 Å². The molecule has 0 radical (unpaired) electrons. The fourth-order valence-electron chi connectivity index (χ4n) is 2.87. The van der Waals surface area contributed by atoms with Gasteiger partial charge in [-0.1, -0.05) is 53.1 Å². The molecule has 0 saturated carbocycles. The van der Waals surface area contributed by atoms with Gasteiger partial charge in [0, 0.05) is 14.7 Å². The summed E-state index contributed by atoms with van der Waals surface area (Å²) in [5.74, 6) is 0. The molecular weight excluding hydrogens is 456 g/mol. The molecule has 0 bridgehead atoms. The first-order chi connectivity index (χ1) is 14.4. The van der Waals surface area contributed by atoms with Gasteiger partial charge in [0.1, 0.15) is 0 Å². The summed E-state index contributed by atoms with van der Waals surface area (Å²) in [4.78, 5) is -1.25. The van der Waals surface area contributed by atoms with E-state index in [1.165, 1.54) is 72.8 Å². The minimum absolute atomic E-state index is 0.417. The Kier molecular flexibility index (Phi) is 6.14. The molecule has 0 aliphatic rings. The van der Waals surface area contributed by atoms with Gasteiger partial charge in [0.05, 0.1) is 33.4 Å². The van der Waals surface area contributed by atoms with Crippen LogP contribution in [0.1, 0.15) is 16.7 Å². The summed E-state index contributed by atoms with van der Waals surface area (Å²) < 4.78 is 79.0. The topological polar surface area (TPSA) is 102 Å². The molecule has 0 aliphatic heterocycles. The smallest absolute Gasteiger partial charge is 0.0831 e. The van der Waals surface area contributed by atoms with Crippen molar-refractivity contribution in [2.24, 2.45) is 0 Å². The molecule has 3 aromatic rings. The van der Waals surface area contributed by atoms with Crippen molar-refractivity contribution in [3.63, 3.8) is 0 Å². The SMILES string of the molecule is Cc1ccc(S(=O)(=O)[C-](S(=O)(=O)c2ccc(C)cc2)S(=O)(=O)c2ccc(C)cc2)cc1. The Morgan fingerprint density at radius 2 is 0.613 bits per heavy atom. The van der Waals surface area contributed by atoms with Crippen molar-refractivity contribution in [2.45, 2.75) is 35.5 Å². The molecule has 0 amide bonds. The number of rotatable bonds is 6. The van der Waals surface area contributed by atoms with E-state index in [2.05, 4.69) is 0 Å². The van der Waals surface area contributed by atoms with Gasteiger partial charge in [0.25, 0.3) is 0 Å². The van der Waals surface area contributed by atoms with Crippen LogP contribution in [0.15, 0.2) is 87.5 Å². The lowest BCUT2D eigenvalue weighted by Gasteiger charge is -2.30. The van der Waals surface area contributed by atoms with E-state index >= 15 is 0 Å². The number of aryl methyl sites for hydroxylation is 3. The Balaban J connectivity index is 2.32. The average Bonchev–Trinajstić information content (AvgIpc) is 2.68. The lowest BCUT2D eigenvalue weighted by molar-refractivity contribution is 0.583. The second-order valence-corrected chi connectivity index (χ2v) is 13.6. The van der Waals surface area contributed by atoms with E-state index < -0.39 is 48.1 Å². The summed E-state index contributed by atoms with van der Waals surface area (Å²) in [6.07, 6.45) is 0. The number of hydrogen-bond acceptors (Lipinski definition) is 6. The van der Waals surface area contributed by atoms with Gasteiger partial charge >= 0.3 is 0 Å². The lowest BCUT2D eigenvalue weighted by Crippen LogP contribution is -2.30. The highest BCUT2D eigenvalue weighted by Gasteiger charge is 2.38. The second kappa shape index (κ2) is 8.22. The third-order valence-electron chi connectivity index (χ3n) is 4.65. The maximum atomic E-state index is 13.4. The van der Waals surface area contributed by atoms with Crippen molar-refractivity contribution in [1.29, 1.82) is 0 Å². The van der Waals surface area contributed by atoms with E-state index in [1.54, 1.807) is 20.8 Å². The zero-order chi connectivity index (χ0) is 23.0. The van der Waals surface area contributed by atoms with Gasteiger partial charge in [-0.2, -0.15) is 0 Å². The van der Waals surface area contributed by atoms with Crippen molar-refractivity contribution < 1.29 is 25.3 Å². The molecule has 164 valence electrons. The van der Waals surface area contributed by atoms with E-state index in [1.807, 2.05) is 0 Å². The highest BCUT2D eigenvalue weighted by Crippen LogP contribution is 2.39. The average molecular weight is 478 g/mol. The van der Waals surface area contributed by atoms with Crippen LogP contribution in [0.2, 0.25) is 0 Å². The predicted octanol–water partition coefficient (Wildman–Crippen LogP) is 3.78. The fraction of sp³-hybridized carbons (Fsp3) is 0.136. The normalized spacial score (nSPS) is 12.8.